The van der Waals surface area contributed by atoms with Gasteiger partial charge in [-0.25, -0.2) is 0 Å². The molecule has 2 aromatic carbocycles. The molecule has 0 N–H and O–H groups in total. The van der Waals surface area contributed by atoms with E-state index in [1.165, 1.54) is 5.56 Å². The molecule has 1 fully saturated rings. The van der Waals surface area contributed by atoms with Gasteiger partial charge >= 0.3 is 0 Å². The van der Waals surface area contributed by atoms with Gasteiger partial charge in [0.2, 0.25) is 0 Å². The maximum absolute atomic E-state index is 6.35. The molecule has 4 heteroatoms. The van der Waals surface area contributed by atoms with Gasteiger partial charge < -0.3 is 4.74 Å². The van der Waals surface area contributed by atoms with E-state index < -0.39 is 0 Å². The highest BCUT2D eigenvalue weighted by Gasteiger charge is 2.40. The van der Waals surface area contributed by atoms with Crippen molar-refractivity contribution in [2.75, 3.05) is 19.7 Å². The zero-order valence-electron chi connectivity index (χ0n) is 14.0. The lowest BCUT2D eigenvalue weighted by molar-refractivity contribution is -0.0426. The van der Waals surface area contributed by atoms with E-state index in [9.17, 15) is 0 Å². The van der Waals surface area contributed by atoms with Crippen LogP contribution in [-0.4, -0.2) is 24.6 Å². The Morgan fingerprint density at radius 2 is 1.88 bits per heavy atom. The maximum Gasteiger partial charge on any atom is 0.107 e. The fourth-order valence-corrected chi connectivity index (χ4v) is 3.65. The Kier molecular flexibility index (Phi) is 5.83. The van der Waals surface area contributed by atoms with E-state index in [0.29, 0.717) is 10.0 Å². The van der Waals surface area contributed by atoms with Crippen molar-refractivity contribution in [1.29, 1.82) is 0 Å². The van der Waals surface area contributed by atoms with Gasteiger partial charge in [0, 0.05) is 26.2 Å². The molecule has 1 unspecified atom stereocenters. The molecule has 1 atom stereocenters. The van der Waals surface area contributed by atoms with Crippen molar-refractivity contribution in [3.8, 4) is 0 Å². The van der Waals surface area contributed by atoms with Crippen molar-refractivity contribution in [2.24, 2.45) is 0 Å². The van der Waals surface area contributed by atoms with E-state index in [0.717, 1.165) is 44.6 Å². The van der Waals surface area contributed by atoms with Crippen molar-refractivity contribution < 1.29 is 4.74 Å². The van der Waals surface area contributed by atoms with Crippen LogP contribution in [0.4, 0.5) is 0 Å². The summed E-state index contributed by atoms with van der Waals surface area (Å²) in [4.78, 5) is 2.45. The second kappa shape index (κ2) is 7.88. The van der Waals surface area contributed by atoms with E-state index in [2.05, 4.69) is 48.2 Å². The lowest BCUT2D eigenvalue weighted by Crippen LogP contribution is -2.34. The average molecular weight is 364 g/mol. The minimum Gasteiger partial charge on any atom is -0.369 e. The first-order valence-corrected chi connectivity index (χ1v) is 9.24. The molecule has 0 aromatic heterocycles. The summed E-state index contributed by atoms with van der Waals surface area (Å²) in [6.45, 7) is 5.72. The molecule has 0 saturated carbocycles. The Morgan fingerprint density at radius 3 is 2.58 bits per heavy atom. The van der Waals surface area contributed by atoms with Crippen LogP contribution >= 0.6 is 23.2 Å². The topological polar surface area (TPSA) is 12.5 Å². The van der Waals surface area contributed by atoms with Gasteiger partial charge in [-0.05, 0) is 36.1 Å². The summed E-state index contributed by atoms with van der Waals surface area (Å²) in [5, 5.41) is 1.18. The van der Waals surface area contributed by atoms with Crippen LogP contribution in [0.5, 0.6) is 0 Å². The van der Waals surface area contributed by atoms with E-state index >= 15 is 0 Å². The molecule has 0 radical (unpaired) electrons. The second-order valence-electron chi connectivity index (χ2n) is 6.42. The van der Waals surface area contributed by atoms with Crippen molar-refractivity contribution in [3.63, 3.8) is 0 Å². The average Bonchev–Trinajstić information content (AvgIpc) is 3.00. The van der Waals surface area contributed by atoms with Crippen molar-refractivity contribution >= 4 is 23.2 Å². The molecule has 24 heavy (non-hydrogen) atoms. The third-order valence-electron chi connectivity index (χ3n) is 4.59. The summed E-state index contributed by atoms with van der Waals surface area (Å²) in [6.07, 6.45) is 1.97. The third kappa shape index (κ3) is 3.94. The zero-order chi connectivity index (χ0) is 17.0. The van der Waals surface area contributed by atoms with Crippen LogP contribution in [0.3, 0.4) is 0 Å². The maximum atomic E-state index is 6.35. The van der Waals surface area contributed by atoms with Crippen molar-refractivity contribution in [3.05, 3.63) is 69.7 Å². The summed E-state index contributed by atoms with van der Waals surface area (Å²) < 4.78 is 6.35. The summed E-state index contributed by atoms with van der Waals surface area (Å²) >= 11 is 12.3. The van der Waals surface area contributed by atoms with Crippen LogP contribution < -0.4 is 0 Å². The van der Waals surface area contributed by atoms with Crippen LogP contribution in [0.15, 0.2) is 48.5 Å². The molecular formula is C20H23Cl2NO. The normalized spacial score (nSPS) is 21.3. The smallest absolute Gasteiger partial charge is 0.107 e. The lowest BCUT2D eigenvalue weighted by Gasteiger charge is -2.31. The molecule has 128 valence electrons. The number of ether oxygens (including phenoxy) is 1. The molecule has 0 spiro atoms. The van der Waals surface area contributed by atoms with E-state index in [-0.39, 0.29) is 5.60 Å². The molecule has 0 aliphatic carbocycles. The number of benzene rings is 2. The predicted octanol–water partition coefficient (Wildman–Crippen LogP) is 5.52. The number of halogens is 2. The van der Waals surface area contributed by atoms with Crippen LogP contribution in [-0.2, 0) is 16.9 Å². The highest BCUT2D eigenvalue weighted by molar-refractivity contribution is 6.42. The molecule has 0 bridgehead atoms. The van der Waals surface area contributed by atoms with Gasteiger partial charge in [-0.15, -0.1) is 0 Å². The van der Waals surface area contributed by atoms with Crippen molar-refractivity contribution in [2.45, 2.75) is 31.9 Å². The van der Waals surface area contributed by atoms with E-state index in [4.69, 9.17) is 27.9 Å². The molecule has 2 aromatic rings. The molecule has 0 amide bonds. The lowest BCUT2D eigenvalue weighted by atomic mass is 9.92. The standard InChI is InChI=1S/C20H23Cl2NO/c1-2-12-24-20(17-8-9-18(21)19(22)13-17)10-11-23(15-20)14-16-6-4-3-5-7-16/h3-9,13H,2,10-12,14-15H2,1H3. The minimum absolute atomic E-state index is 0.293. The first kappa shape index (κ1) is 17.8. The number of likely N-dealkylation sites (tertiary alicyclic amines) is 1. The Morgan fingerprint density at radius 1 is 1.08 bits per heavy atom. The van der Waals surface area contributed by atoms with Crippen LogP contribution in [0.2, 0.25) is 10.0 Å². The Balaban J connectivity index is 1.81. The zero-order valence-corrected chi connectivity index (χ0v) is 15.5. The highest BCUT2D eigenvalue weighted by Crippen LogP contribution is 2.39. The summed E-state index contributed by atoms with van der Waals surface area (Å²) in [6, 6.07) is 16.5. The largest absolute Gasteiger partial charge is 0.369 e. The SMILES string of the molecule is CCCOC1(c2ccc(Cl)c(Cl)c2)CCN(Cc2ccccc2)C1. The number of nitrogens with zero attached hydrogens (tertiary/aromatic N) is 1. The number of rotatable bonds is 6. The molecular weight excluding hydrogens is 341 g/mol. The first-order valence-electron chi connectivity index (χ1n) is 8.49. The number of hydrogen-bond acceptors (Lipinski definition) is 2. The van der Waals surface area contributed by atoms with Gasteiger partial charge in [0.15, 0.2) is 0 Å². The fourth-order valence-electron chi connectivity index (χ4n) is 3.35. The molecule has 1 saturated heterocycles. The fraction of sp³-hybridized carbons (Fsp3) is 0.400. The Labute approximate surface area is 154 Å². The van der Waals surface area contributed by atoms with Gasteiger partial charge in [-0.1, -0.05) is 66.5 Å². The van der Waals surface area contributed by atoms with Gasteiger partial charge in [0.25, 0.3) is 0 Å². The van der Waals surface area contributed by atoms with Gasteiger partial charge in [-0.2, -0.15) is 0 Å². The molecule has 3 rings (SSSR count). The Bertz CT molecular complexity index is 677. The second-order valence-corrected chi connectivity index (χ2v) is 7.23. The molecule has 1 heterocycles. The van der Waals surface area contributed by atoms with E-state index in [1.807, 2.05) is 12.1 Å². The third-order valence-corrected chi connectivity index (χ3v) is 5.33. The van der Waals surface area contributed by atoms with Crippen LogP contribution in [0.1, 0.15) is 30.9 Å². The van der Waals surface area contributed by atoms with E-state index in [1.54, 1.807) is 0 Å². The monoisotopic (exact) mass is 363 g/mol. The minimum atomic E-state index is -0.293. The van der Waals surface area contributed by atoms with Gasteiger partial charge in [0.1, 0.15) is 5.60 Å². The predicted molar refractivity (Wildman–Crippen MR) is 101 cm³/mol. The summed E-state index contributed by atoms with van der Waals surface area (Å²) in [5.41, 5.74) is 2.16. The Hall–Kier alpha value is -1.06. The summed E-state index contributed by atoms with van der Waals surface area (Å²) in [5.74, 6) is 0. The van der Waals surface area contributed by atoms with Gasteiger partial charge in [0.05, 0.1) is 10.0 Å². The molecule has 1 aliphatic rings. The molecule has 2 nitrogen and oxygen atoms in total. The first-order chi connectivity index (χ1) is 11.6. The quantitative estimate of drug-likeness (QED) is 0.669. The van der Waals surface area contributed by atoms with Crippen LogP contribution in [0, 0.1) is 0 Å². The van der Waals surface area contributed by atoms with Crippen LogP contribution in [0.25, 0.3) is 0 Å². The van der Waals surface area contributed by atoms with Gasteiger partial charge in [-0.3, -0.25) is 4.90 Å². The molecule has 1 aliphatic heterocycles. The highest BCUT2D eigenvalue weighted by atomic mass is 35.5. The van der Waals surface area contributed by atoms with Crippen molar-refractivity contribution in [1.82, 2.24) is 4.90 Å². The summed E-state index contributed by atoms with van der Waals surface area (Å²) in [7, 11) is 0. The number of hydrogen-bond donors (Lipinski definition) is 0.